The van der Waals surface area contributed by atoms with E-state index in [1.807, 2.05) is 56.5 Å². The second-order valence-electron chi connectivity index (χ2n) is 7.69. The van der Waals surface area contributed by atoms with Crippen LogP contribution in [0.4, 0.5) is 0 Å². The second-order valence-corrected chi connectivity index (χ2v) is 9.98. The zero-order valence-corrected chi connectivity index (χ0v) is 18.6. The maximum absolute atomic E-state index is 12.8. The number of methoxy groups -OCH3 is 1. The van der Waals surface area contributed by atoms with Crippen LogP contribution in [0.1, 0.15) is 25.5 Å². The summed E-state index contributed by atoms with van der Waals surface area (Å²) in [6, 6.07) is 19.8. The first kappa shape index (κ1) is 20.3. The van der Waals surface area contributed by atoms with Crippen LogP contribution in [0.2, 0.25) is 5.32 Å². The van der Waals surface area contributed by atoms with Gasteiger partial charge in [-0.15, -0.1) is 0 Å². The predicted molar refractivity (Wildman–Crippen MR) is 112 cm³/mol. The van der Waals surface area contributed by atoms with Crippen molar-refractivity contribution in [3.63, 3.8) is 0 Å². The molecule has 1 unspecified atom stereocenters. The summed E-state index contributed by atoms with van der Waals surface area (Å²) in [6.07, 6.45) is 1.75. The number of hydrogen-bond acceptors (Lipinski definition) is 4. The molecule has 2 aliphatic rings. The van der Waals surface area contributed by atoms with Crippen molar-refractivity contribution in [1.29, 1.82) is 0 Å². The molecule has 0 bridgehead atoms. The van der Waals surface area contributed by atoms with Gasteiger partial charge in [-0.1, -0.05) is 0 Å². The van der Waals surface area contributed by atoms with E-state index in [0.717, 1.165) is 10.9 Å². The number of hydrogen-bond donors (Lipinski definition) is 0. The van der Waals surface area contributed by atoms with Gasteiger partial charge in [0.05, 0.1) is 0 Å². The summed E-state index contributed by atoms with van der Waals surface area (Å²) in [5.74, 6) is -0.896. The molecule has 152 valence electrons. The molecule has 2 aromatic rings. The van der Waals surface area contributed by atoms with E-state index in [1.54, 1.807) is 0 Å². The van der Waals surface area contributed by atoms with E-state index < -0.39 is 11.8 Å². The van der Waals surface area contributed by atoms with Crippen LogP contribution in [0.3, 0.4) is 0 Å². The maximum atomic E-state index is 12.8. The summed E-state index contributed by atoms with van der Waals surface area (Å²) in [4.78, 5) is 12.8. The minimum absolute atomic E-state index is 0.0336. The van der Waals surface area contributed by atoms with Crippen LogP contribution in [0.25, 0.3) is 0 Å². The van der Waals surface area contributed by atoms with E-state index in [2.05, 4.69) is 28.8 Å². The number of rotatable bonds is 6. The first-order valence-electron chi connectivity index (χ1n) is 9.77. The monoisotopic (exact) mass is 460 g/mol. The molecule has 4 atom stereocenters. The Kier molecular flexibility index (Phi) is 5.88. The van der Waals surface area contributed by atoms with E-state index >= 15 is 0 Å². The molecule has 2 heterocycles. The van der Waals surface area contributed by atoms with Crippen molar-refractivity contribution < 1.29 is 23.6 Å². The van der Waals surface area contributed by atoms with Crippen molar-refractivity contribution in [3.05, 3.63) is 66.2 Å². The number of fused-ring (bicyclic) bond motifs is 1. The predicted octanol–water partition coefficient (Wildman–Crippen LogP) is 2.33. The van der Waals surface area contributed by atoms with E-state index in [-0.39, 0.29) is 39.2 Å². The van der Waals surface area contributed by atoms with Gasteiger partial charge in [0.1, 0.15) is 0 Å². The van der Waals surface area contributed by atoms with Gasteiger partial charge in [0.25, 0.3) is 0 Å². The van der Waals surface area contributed by atoms with Gasteiger partial charge in [-0.2, -0.15) is 0 Å². The molecule has 0 radical (unpaired) electrons. The molecular weight excluding hydrogens is 433 g/mol. The molecular formula is C23H26NO4Se+. The van der Waals surface area contributed by atoms with Crippen LogP contribution >= 0.6 is 0 Å². The van der Waals surface area contributed by atoms with Gasteiger partial charge in [0.15, 0.2) is 0 Å². The molecule has 1 fully saturated rings. The summed E-state index contributed by atoms with van der Waals surface area (Å²) in [7, 11) is 1.44. The van der Waals surface area contributed by atoms with Gasteiger partial charge in [-0.3, -0.25) is 0 Å². The Morgan fingerprint density at radius 3 is 2.41 bits per heavy atom. The summed E-state index contributed by atoms with van der Waals surface area (Å²) in [6.45, 7) is 3.88. The molecule has 0 N–H and O–H groups in total. The molecule has 0 saturated carbocycles. The third kappa shape index (κ3) is 4.31. The van der Waals surface area contributed by atoms with E-state index in [0.29, 0.717) is 0 Å². The summed E-state index contributed by atoms with van der Waals surface area (Å²) >= 11 is 0.250. The van der Waals surface area contributed by atoms with Crippen molar-refractivity contribution >= 4 is 31.6 Å². The number of carbonyl (C=O) groups is 1. The molecule has 2 aliphatic heterocycles. The average molecular weight is 459 g/mol. The zero-order chi connectivity index (χ0) is 20.4. The molecule has 0 spiro atoms. The average Bonchev–Trinajstić information content (AvgIpc) is 3.19. The Balaban J connectivity index is 1.67. The van der Waals surface area contributed by atoms with Crippen LogP contribution in [0.5, 0.6) is 0 Å². The Morgan fingerprint density at radius 2 is 1.76 bits per heavy atom. The molecule has 4 rings (SSSR count). The second kappa shape index (κ2) is 8.41. The Bertz CT molecular complexity index is 884. The molecule has 29 heavy (non-hydrogen) atoms. The SMILES string of the molecule is COC(=O)[C@H](c1ccccc1)[N+]1=C[C@@H]2OC(C)(C)O[C@@H]2C1C[Se]c1ccccc1. The Hall–Kier alpha value is -1.98. The van der Waals surface area contributed by atoms with Crippen molar-refractivity contribution in [3.8, 4) is 0 Å². The number of benzene rings is 2. The van der Waals surface area contributed by atoms with Crippen LogP contribution in [-0.4, -0.2) is 62.9 Å². The van der Waals surface area contributed by atoms with Crippen molar-refractivity contribution in [2.24, 2.45) is 0 Å². The van der Waals surface area contributed by atoms with Crippen molar-refractivity contribution in [1.82, 2.24) is 0 Å². The molecule has 1 saturated heterocycles. The van der Waals surface area contributed by atoms with Crippen molar-refractivity contribution in [2.75, 3.05) is 7.11 Å². The van der Waals surface area contributed by atoms with Gasteiger partial charge in [-0.25, -0.2) is 0 Å². The normalized spacial score (nSPS) is 25.9. The summed E-state index contributed by atoms with van der Waals surface area (Å²) in [5.41, 5.74) is 0.909. The fraction of sp³-hybridized carbons (Fsp3) is 0.391. The fourth-order valence-corrected chi connectivity index (χ4v) is 6.27. The number of ether oxygens (including phenoxy) is 3. The Morgan fingerprint density at radius 1 is 1.10 bits per heavy atom. The van der Waals surface area contributed by atoms with Crippen LogP contribution in [0.15, 0.2) is 60.7 Å². The molecule has 0 aromatic heterocycles. The zero-order valence-electron chi connectivity index (χ0n) is 16.9. The molecule has 2 aromatic carbocycles. The van der Waals surface area contributed by atoms with Crippen LogP contribution in [-0.2, 0) is 19.0 Å². The quantitative estimate of drug-likeness (QED) is 0.378. The number of nitrogens with zero attached hydrogens (tertiary/aromatic N) is 1. The Labute approximate surface area is 177 Å². The molecule has 5 nitrogen and oxygen atoms in total. The van der Waals surface area contributed by atoms with Crippen molar-refractivity contribution in [2.45, 2.75) is 49.2 Å². The molecule has 0 aliphatic carbocycles. The van der Waals surface area contributed by atoms with Crippen LogP contribution < -0.4 is 4.46 Å². The van der Waals surface area contributed by atoms with E-state index in [9.17, 15) is 4.79 Å². The first-order valence-corrected chi connectivity index (χ1v) is 11.8. The fourth-order valence-electron chi connectivity index (χ4n) is 4.01. The first-order chi connectivity index (χ1) is 14.0. The molecule has 0 amide bonds. The number of esters is 1. The number of carbonyl (C=O) groups excluding carboxylic acids is 1. The molecule has 6 heteroatoms. The standard InChI is InChI=1S/C23H26NO4Se/c1-23(2)27-19-14-24(20(22(25)26-3)16-10-6-4-7-11-16)18(21(19)28-23)15-29-17-12-8-5-9-13-17/h4-14,18-21H,15H2,1-3H3/q+1/t18?,19-,20-,21+/m0/s1. The minimum atomic E-state index is -0.622. The van der Waals surface area contributed by atoms with Gasteiger partial charge in [-0.05, 0) is 0 Å². The van der Waals surface area contributed by atoms with Gasteiger partial charge in [0.2, 0.25) is 0 Å². The third-order valence-corrected chi connectivity index (χ3v) is 7.58. The third-order valence-electron chi connectivity index (χ3n) is 5.25. The topological polar surface area (TPSA) is 47.8 Å². The summed E-state index contributed by atoms with van der Waals surface area (Å²) < 4.78 is 21.0. The van der Waals surface area contributed by atoms with Gasteiger partial charge < -0.3 is 0 Å². The van der Waals surface area contributed by atoms with E-state index in [4.69, 9.17) is 14.2 Å². The van der Waals surface area contributed by atoms with Gasteiger partial charge >= 0.3 is 178 Å². The van der Waals surface area contributed by atoms with Gasteiger partial charge in [0, 0.05) is 0 Å². The van der Waals surface area contributed by atoms with E-state index in [1.165, 1.54) is 11.6 Å². The summed E-state index contributed by atoms with van der Waals surface area (Å²) in [5, 5.41) is 0.911. The van der Waals surface area contributed by atoms with Crippen LogP contribution in [0, 0.1) is 0 Å².